The van der Waals surface area contributed by atoms with Crippen LogP contribution in [0, 0.1) is 17.6 Å². The quantitative estimate of drug-likeness (QED) is 0.751. The largest absolute Gasteiger partial charge is 0.396 e. The SMILES string of the molecule is O=C(Nc1cccc(F)c1F)NC1CCCCCC1CO. The van der Waals surface area contributed by atoms with E-state index in [1.54, 1.807) is 0 Å². The van der Waals surface area contributed by atoms with Crippen molar-refractivity contribution in [2.24, 2.45) is 5.92 Å². The van der Waals surface area contributed by atoms with Crippen LogP contribution in [0.4, 0.5) is 19.3 Å². The Balaban J connectivity index is 1.98. The summed E-state index contributed by atoms with van der Waals surface area (Å²) in [5, 5.41) is 14.5. The lowest BCUT2D eigenvalue weighted by atomic mass is 9.96. The molecule has 4 nitrogen and oxygen atoms in total. The summed E-state index contributed by atoms with van der Waals surface area (Å²) in [4.78, 5) is 11.9. The third-order valence-corrected chi connectivity index (χ3v) is 3.91. The van der Waals surface area contributed by atoms with Crippen molar-refractivity contribution in [2.75, 3.05) is 11.9 Å². The van der Waals surface area contributed by atoms with E-state index in [2.05, 4.69) is 10.6 Å². The Bertz CT molecular complexity index is 497. The maximum absolute atomic E-state index is 13.5. The molecule has 2 rings (SSSR count). The normalized spacial score (nSPS) is 22.4. The van der Waals surface area contributed by atoms with Gasteiger partial charge in [-0.25, -0.2) is 13.6 Å². The number of carbonyl (C=O) groups excluding carboxylic acids is 1. The number of amides is 2. The maximum Gasteiger partial charge on any atom is 0.319 e. The van der Waals surface area contributed by atoms with Gasteiger partial charge in [0, 0.05) is 18.6 Å². The van der Waals surface area contributed by atoms with E-state index >= 15 is 0 Å². The zero-order chi connectivity index (χ0) is 15.2. The van der Waals surface area contributed by atoms with Crippen LogP contribution in [0.3, 0.4) is 0 Å². The van der Waals surface area contributed by atoms with E-state index in [4.69, 9.17) is 0 Å². The van der Waals surface area contributed by atoms with E-state index in [0.29, 0.717) is 0 Å². The lowest BCUT2D eigenvalue weighted by Gasteiger charge is -2.24. The van der Waals surface area contributed by atoms with Crippen molar-refractivity contribution in [1.29, 1.82) is 0 Å². The molecule has 0 bridgehead atoms. The summed E-state index contributed by atoms with van der Waals surface area (Å²) in [6.45, 7) is 0.0132. The third-order valence-electron chi connectivity index (χ3n) is 3.91. The van der Waals surface area contributed by atoms with Crippen LogP contribution in [0.15, 0.2) is 18.2 Å². The summed E-state index contributed by atoms with van der Waals surface area (Å²) in [6.07, 6.45) is 4.73. The van der Waals surface area contributed by atoms with Crippen LogP contribution in [0.2, 0.25) is 0 Å². The van der Waals surface area contributed by atoms with Crippen LogP contribution >= 0.6 is 0 Å². The van der Waals surface area contributed by atoms with Crippen molar-refractivity contribution >= 4 is 11.7 Å². The van der Waals surface area contributed by atoms with Gasteiger partial charge >= 0.3 is 6.03 Å². The van der Waals surface area contributed by atoms with Crippen LogP contribution < -0.4 is 10.6 Å². The van der Waals surface area contributed by atoms with E-state index < -0.39 is 17.7 Å². The number of hydrogen-bond donors (Lipinski definition) is 3. The van der Waals surface area contributed by atoms with E-state index in [1.807, 2.05) is 0 Å². The Kier molecular flexibility index (Phi) is 5.50. The summed E-state index contributed by atoms with van der Waals surface area (Å²) >= 11 is 0. The number of hydrogen-bond acceptors (Lipinski definition) is 2. The van der Waals surface area contributed by atoms with E-state index in [9.17, 15) is 18.7 Å². The van der Waals surface area contributed by atoms with Gasteiger partial charge < -0.3 is 15.7 Å². The highest BCUT2D eigenvalue weighted by atomic mass is 19.2. The second-order valence-corrected chi connectivity index (χ2v) is 5.39. The number of aliphatic hydroxyl groups excluding tert-OH is 1. The predicted octanol–water partition coefficient (Wildman–Crippen LogP) is 3.03. The molecule has 3 N–H and O–H groups in total. The second-order valence-electron chi connectivity index (χ2n) is 5.39. The number of carbonyl (C=O) groups is 1. The van der Waals surface area contributed by atoms with Gasteiger partial charge in [0.05, 0.1) is 5.69 Å². The average Bonchev–Trinajstić information content (AvgIpc) is 2.69. The lowest BCUT2D eigenvalue weighted by molar-refractivity contribution is 0.182. The highest BCUT2D eigenvalue weighted by Gasteiger charge is 2.24. The maximum atomic E-state index is 13.5. The van der Waals surface area contributed by atoms with Crippen LogP contribution in [-0.4, -0.2) is 23.8 Å². The van der Waals surface area contributed by atoms with Crippen molar-refractivity contribution in [3.63, 3.8) is 0 Å². The molecule has 0 radical (unpaired) electrons. The zero-order valence-electron chi connectivity index (χ0n) is 11.7. The van der Waals surface area contributed by atoms with Gasteiger partial charge in [0.15, 0.2) is 11.6 Å². The Hall–Kier alpha value is -1.69. The fraction of sp³-hybridized carbons (Fsp3) is 0.533. The number of halogens is 2. The minimum absolute atomic E-state index is 0.00982. The second kappa shape index (κ2) is 7.36. The summed E-state index contributed by atoms with van der Waals surface area (Å²) in [7, 11) is 0. The van der Waals surface area contributed by atoms with Crippen molar-refractivity contribution in [3.8, 4) is 0 Å². The monoisotopic (exact) mass is 298 g/mol. The molecule has 0 spiro atoms. The van der Waals surface area contributed by atoms with Crippen LogP contribution in [0.5, 0.6) is 0 Å². The van der Waals surface area contributed by atoms with Gasteiger partial charge in [-0.2, -0.15) is 0 Å². The van der Waals surface area contributed by atoms with Crippen LogP contribution in [0.1, 0.15) is 32.1 Å². The molecule has 0 aliphatic heterocycles. The summed E-state index contributed by atoms with van der Waals surface area (Å²) in [6, 6.07) is 2.90. The number of anilines is 1. The topological polar surface area (TPSA) is 61.4 Å². The first-order chi connectivity index (χ1) is 10.1. The molecule has 21 heavy (non-hydrogen) atoms. The van der Waals surface area contributed by atoms with E-state index in [-0.39, 0.29) is 24.3 Å². The molecule has 1 aromatic rings. The number of aliphatic hydroxyl groups is 1. The van der Waals surface area contributed by atoms with Gasteiger partial charge in [-0.1, -0.05) is 25.3 Å². The molecule has 1 aliphatic rings. The molecule has 2 amide bonds. The molecular weight excluding hydrogens is 278 g/mol. The molecule has 1 saturated carbocycles. The number of urea groups is 1. The fourth-order valence-electron chi connectivity index (χ4n) is 2.72. The minimum atomic E-state index is -1.08. The van der Waals surface area contributed by atoms with E-state index in [0.717, 1.165) is 38.2 Å². The van der Waals surface area contributed by atoms with E-state index in [1.165, 1.54) is 12.1 Å². The molecule has 1 fully saturated rings. The average molecular weight is 298 g/mol. The Morgan fingerprint density at radius 2 is 2.00 bits per heavy atom. The van der Waals surface area contributed by atoms with Crippen molar-refractivity contribution < 1.29 is 18.7 Å². The molecule has 6 heteroatoms. The molecule has 0 saturated heterocycles. The van der Waals surface area contributed by atoms with Gasteiger partial charge in [-0.15, -0.1) is 0 Å². The van der Waals surface area contributed by atoms with Crippen molar-refractivity contribution in [2.45, 2.75) is 38.1 Å². The van der Waals surface area contributed by atoms with Crippen LogP contribution in [-0.2, 0) is 0 Å². The third kappa shape index (κ3) is 4.14. The fourth-order valence-corrected chi connectivity index (χ4v) is 2.72. The number of benzene rings is 1. The molecular formula is C15H20F2N2O2. The predicted molar refractivity (Wildman–Crippen MR) is 76.0 cm³/mol. The molecule has 0 aromatic heterocycles. The first kappa shape index (κ1) is 15.7. The molecule has 1 aliphatic carbocycles. The van der Waals surface area contributed by atoms with Gasteiger partial charge in [0.2, 0.25) is 0 Å². The Morgan fingerprint density at radius 1 is 1.24 bits per heavy atom. The van der Waals surface area contributed by atoms with Gasteiger partial charge in [0.25, 0.3) is 0 Å². The highest BCUT2D eigenvalue weighted by molar-refractivity contribution is 5.89. The molecule has 2 atom stereocenters. The summed E-state index contributed by atoms with van der Waals surface area (Å²) in [5.74, 6) is -2.07. The smallest absolute Gasteiger partial charge is 0.319 e. The minimum Gasteiger partial charge on any atom is -0.396 e. The van der Waals surface area contributed by atoms with Gasteiger partial charge in [-0.05, 0) is 25.0 Å². The molecule has 0 heterocycles. The summed E-state index contributed by atoms with van der Waals surface area (Å²) < 4.78 is 26.6. The molecule has 1 aromatic carbocycles. The Morgan fingerprint density at radius 3 is 2.76 bits per heavy atom. The van der Waals surface area contributed by atoms with Gasteiger partial charge in [0.1, 0.15) is 0 Å². The van der Waals surface area contributed by atoms with Crippen LogP contribution in [0.25, 0.3) is 0 Å². The lowest BCUT2D eigenvalue weighted by Crippen LogP contribution is -2.43. The zero-order valence-corrected chi connectivity index (χ0v) is 11.7. The first-order valence-corrected chi connectivity index (χ1v) is 7.24. The van der Waals surface area contributed by atoms with Gasteiger partial charge in [-0.3, -0.25) is 0 Å². The molecule has 2 unspecified atom stereocenters. The van der Waals surface area contributed by atoms with Crippen molar-refractivity contribution in [3.05, 3.63) is 29.8 Å². The summed E-state index contributed by atoms with van der Waals surface area (Å²) in [5.41, 5.74) is -0.193. The van der Waals surface area contributed by atoms with Crippen molar-refractivity contribution in [1.82, 2.24) is 5.32 Å². The first-order valence-electron chi connectivity index (χ1n) is 7.24. The number of nitrogens with one attached hydrogen (secondary N) is 2. The number of rotatable bonds is 3. The standard InChI is InChI=1S/C15H20F2N2O2/c16-11-6-4-8-13(14(11)17)19-15(21)18-12-7-3-1-2-5-10(12)9-20/h4,6,8,10,12,20H,1-3,5,7,9H2,(H2,18,19,21). The highest BCUT2D eigenvalue weighted by Crippen LogP contribution is 2.23. The Labute approximate surface area is 122 Å². The molecule has 116 valence electrons.